The van der Waals surface area contributed by atoms with Crippen molar-refractivity contribution in [3.8, 4) is 0 Å². The largest absolute Gasteiger partial charge is 0.368 e. The van der Waals surface area contributed by atoms with Crippen molar-refractivity contribution in [2.75, 3.05) is 18.0 Å². The maximum atomic E-state index is 14.6. The molecule has 232 valence electrons. The summed E-state index contributed by atoms with van der Waals surface area (Å²) in [4.78, 5) is 62.5. The summed E-state index contributed by atoms with van der Waals surface area (Å²) < 4.78 is 14.3. The van der Waals surface area contributed by atoms with Crippen LogP contribution in [0.2, 0.25) is 5.02 Å². The third-order valence-electron chi connectivity index (χ3n) is 8.25. The second-order valence-electron chi connectivity index (χ2n) is 11.1. The first kappa shape index (κ1) is 31.6. The standard InChI is InChI=1S/C34H33ClFN5O4/c1-21-14-17-39(30(33(37)44)19-24-8-5-7-23-6-3-4-9-27(23)24)34(45)32(25-10-11-29(36)28(35)18-25)41(21)31(43)20-40(22(2)42)26-12-15-38-16-13-26/h3-13,15-16,18,21,30,32H,14,17,19-20H2,1-2H3,(H2,37,44). The van der Waals surface area contributed by atoms with Crippen LogP contribution in [0.15, 0.2) is 85.2 Å². The van der Waals surface area contributed by atoms with E-state index in [9.17, 15) is 23.6 Å². The molecular weight excluding hydrogens is 597 g/mol. The number of nitrogens with zero attached hydrogens (tertiary/aromatic N) is 4. The third-order valence-corrected chi connectivity index (χ3v) is 8.54. The van der Waals surface area contributed by atoms with Crippen LogP contribution in [-0.4, -0.2) is 63.6 Å². The number of rotatable bonds is 8. The highest BCUT2D eigenvalue weighted by molar-refractivity contribution is 6.30. The van der Waals surface area contributed by atoms with Crippen LogP contribution < -0.4 is 10.6 Å². The van der Waals surface area contributed by atoms with E-state index < -0.39 is 41.7 Å². The molecule has 0 saturated carbocycles. The number of carbonyl (C=O) groups excluding carboxylic acids is 4. The topological polar surface area (TPSA) is 117 Å². The van der Waals surface area contributed by atoms with Gasteiger partial charge < -0.3 is 20.4 Å². The van der Waals surface area contributed by atoms with Crippen molar-refractivity contribution in [3.63, 3.8) is 0 Å². The molecule has 1 fully saturated rings. The number of hydrogen-bond acceptors (Lipinski definition) is 5. The van der Waals surface area contributed by atoms with E-state index in [1.165, 1.54) is 46.1 Å². The molecule has 1 saturated heterocycles. The van der Waals surface area contributed by atoms with Gasteiger partial charge in [-0.25, -0.2) is 4.39 Å². The van der Waals surface area contributed by atoms with Crippen molar-refractivity contribution < 1.29 is 23.6 Å². The maximum Gasteiger partial charge on any atom is 0.250 e. The number of anilines is 1. The maximum absolute atomic E-state index is 14.6. The Hall–Kier alpha value is -4.83. The molecule has 1 aliphatic rings. The number of nitrogens with two attached hydrogens (primary N) is 1. The Morgan fingerprint density at radius 2 is 1.78 bits per heavy atom. The highest BCUT2D eigenvalue weighted by Crippen LogP contribution is 2.34. The predicted molar refractivity (Wildman–Crippen MR) is 170 cm³/mol. The molecule has 5 rings (SSSR count). The number of primary amides is 1. The van der Waals surface area contributed by atoms with Gasteiger partial charge >= 0.3 is 0 Å². The monoisotopic (exact) mass is 629 g/mol. The zero-order chi connectivity index (χ0) is 32.2. The fourth-order valence-corrected chi connectivity index (χ4v) is 6.15. The number of carbonyl (C=O) groups is 4. The molecule has 11 heteroatoms. The fraction of sp³-hybridized carbons (Fsp3) is 0.265. The molecule has 0 spiro atoms. The average molecular weight is 630 g/mol. The summed E-state index contributed by atoms with van der Waals surface area (Å²) in [6.45, 7) is 2.90. The van der Waals surface area contributed by atoms with Gasteiger partial charge in [0.1, 0.15) is 24.4 Å². The van der Waals surface area contributed by atoms with E-state index in [-0.39, 0.29) is 36.0 Å². The lowest BCUT2D eigenvalue weighted by atomic mass is 9.96. The van der Waals surface area contributed by atoms with Crippen molar-refractivity contribution in [1.82, 2.24) is 14.8 Å². The van der Waals surface area contributed by atoms with Gasteiger partial charge in [-0.3, -0.25) is 24.2 Å². The second kappa shape index (κ2) is 13.4. The Balaban J connectivity index is 1.56. The van der Waals surface area contributed by atoms with Crippen molar-refractivity contribution in [2.45, 2.75) is 44.8 Å². The number of amides is 4. The van der Waals surface area contributed by atoms with E-state index in [1.54, 1.807) is 19.1 Å². The molecular formula is C34H33ClFN5O4. The van der Waals surface area contributed by atoms with Gasteiger partial charge in [0.05, 0.1) is 5.02 Å². The normalized spacial score (nSPS) is 17.6. The van der Waals surface area contributed by atoms with Gasteiger partial charge in [0.15, 0.2) is 0 Å². The van der Waals surface area contributed by atoms with Crippen LogP contribution in [0.3, 0.4) is 0 Å². The van der Waals surface area contributed by atoms with Crippen molar-refractivity contribution in [3.05, 3.63) is 107 Å². The lowest BCUT2D eigenvalue weighted by molar-refractivity contribution is -0.148. The zero-order valence-corrected chi connectivity index (χ0v) is 25.7. The molecule has 3 aromatic carbocycles. The van der Waals surface area contributed by atoms with Gasteiger partial charge in [0.2, 0.25) is 17.7 Å². The van der Waals surface area contributed by atoms with E-state index in [2.05, 4.69) is 4.98 Å². The third kappa shape index (κ3) is 6.66. The minimum atomic E-state index is -1.27. The molecule has 4 aromatic rings. The van der Waals surface area contributed by atoms with Gasteiger partial charge in [-0.1, -0.05) is 60.1 Å². The minimum Gasteiger partial charge on any atom is -0.368 e. The van der Waals surface area contributed by atoms with E-state index in [0.717, 1.165) is 22.4 Å². The Labute approximate surface area is 265 Å². The summed E-state index contributed by atoms with van der Waals surface area (Å²) in [5, 5.41) is 1.69. The molecule has 0 aliphatic carbocycles. The van der Waals surface area contributed by atoms with Crippen LogP contribution in [-0.2, 0) is 25.6 Å². The molecule has 3 atom stereocenters. The van der Waals surface area contributed by atoms with Crippen molar-refractivity contribution in [1.29, 1.82) is 0 Å². The van der Waals surface area contributed by atoms with E-state index in [1.807, 2.05) is 42.5 Å². The number of hydrogen-bond donors (Lipinski definition) is 1. The van der Waals surface area contributed by atoms with Gasteiger partial charge in [0.25, 0.3) is 5.91 Å². The summed E-state index contributed by atoms with van der Waals surface area (Å²) in [5.74, 6) is -2.83. The highest BCUT2D eigenvalue weighted by atomic mass is 35.5. The Morgan fingerprint density at radius 1 is 1.07 bits per heavy atom. The molecule has 45 heavy (non-hydrogen) atoms. The number of halogens is 2. The van der Waals surface area contributed by atoms with Crippen LogP contribution >= 0.6 is 11.6 Å². The first-order valence-electron chi connectivity index (χ1n) is 14.6. The van der Waals surface area contributed by atoms with Gasteiger partial charge in [-0.15, -0.1) is 0 Å². The summed E-state index contributed by atoms with van der Waals surface area (Å²) >= 11 is 6.17. The van der Waals surface area contributed by atoms with E-state index in [4.69, 9.17) is 17.3 Å². The van der Waals surface area contributed by atoms with Crippen molar-refractivity contribution in [2.24, 2.45) is 5.73 Å². The first-order valence-corrected chi connectivity index (χ1v) is 14.9. The van der Waals surface area contributed by atoms with Gasteiger partial charge in [-0.05, 0) is 59.5 Å². The first-order chi connectivity index (χ1) is 21.6. The summed E-state index contributed by atoms with van der Waals surface area (Å²) in [6, 6.07) is 17.7. The molecule has 1 aromatic heterocycles. The fourth-order valence-electron chi connectivity index (χ4n) is 5.96. The number of aromatic nitrogens is 1. The molecule has 3 unspecified atom stereocenters. The zero-order valence-electron chi connectivity index (χ0n) is 24.9. The Bertz CT molecular complexity index is 1750. The second-order valence-corrected chi connectivity index (χ2v) is 11.5. The smallest absolute Gasteiger partial charge is 0.250 e. The lowest BCUT2D eigenvalue weighted by Crippen LogP contribution is -2.53. The number of pyridine rings is 1. The van der Waals surface area contributed by atoms with Gasteiger partial charge in [0, 0.05) is 44.0 Å². The molecule has 2 heterocycles. The van der Waals surface area contributed by atoms with Crippen LogP contribution in [0.4, 0.5) is 10.1 Å². The molecule has 4 amide bonds. The van der Waals surface area contributed by atoms with Gasteiger partial charge in [-0.2, -0.15) is 0 Å². The van der Waals surface area contributed by atoms with Crippen LogP contribution in [0, 0.1) is 5.82 Å². The van der Waals surface area contributed by atoms with Crippen molar-refractivity contribution >= 4 is 51.7 Å². The SMILES string of the molecule is CC(=O)N(CC(=O)N1C(C)CCN(C(Cc2cccc3ccccc23)C(N)=O)C(=O)C1c1ccc(F)c(Cl)c1)c1ccncc1. The van der Waals surface area contributed by atoms with Crippen LogP contribution in [0.1, 0.15) is 37.4 Å². The van der Waals surface area contributed by atoms with Crippen LogP contribution in [0.25, 0.3) is 10.8 Å². The number of benzene rings is 3. The average Bonchev–Trinajstić information content (AvgIpc) is 3.15. The quantitative estimate of drug-likeness (QED) is 0.304. The number of fused-ring (bicyclic) bond motifs is 1. The van der Waals surface area contributed by atoms with E-state index >= 15 is 0 Å². The molecule has 2 N–H and O–H groups in total. The molecule has 0 radical (unpaired) electrons. The summed E-state index contributed by atoms with van der Waals surface area (Å²) in [7, 11) is 0. The molecule has 0 bridgehead atoms. The molecule has 9 nitrogen and oxygen atoms in total. The molecule has 1 aliphatic heterocycles. The predicted octanol–water partition coefficient (Wildman–Crippen LogP) is 4.67. The Morgan fingerprint density at radius 3 is 2.47 bits per heavy atom. The van der Waals surface area contributed by atoms with Crippen LogP contribution in [0.5, 0.6) is 0 Å². The minimum absolute atomic E-state index is 0.133. The van der Waals surface area contributed by atoms with E-state index in [0.29, 0.717) is 12.1 Å². The highest BCUT2D eigenvalue weighted by Gasteiger charge is 2.43. The lowest BCUT2D eigenvalue weighted by Gasteiger charge is -2.37. The Kier molecular flexibility index (Phi) is 9.43. The summed E-state index contributed by atoms with van der Waals surface area (Å²) in [6.07, 6.45) is 3.49. The summed E-state index contributed by atoms with van der Waals surface area (Å²) in [5.41, 5.74) is 7.53.